The van der Waals surface area contributed by atoms with Gasteiger partial charge in [-0.3, -0.25) is 4.90 Å². The van der Waals surface area contributed by atoms with Crippen LogP contribution in [0.15, 0.2) is 30.3 Å². The predicted molar refractivity (Wildman–Crippen MR) is 77.8 cm³/mol. The van der Waals surface area contributed by atoms with Gasteiger partial charge >= 0.3 is 0 Å². The molecule has 2 aliphatic rings. The topological polar surface area (TPSA) is 23.5 Å². The molecular formula is C17H25NO. The zero-order valence-corrected chi connectivity index (χ0v) is 11.8. The highest BCUT2D eigenvalue weighted by molar-refractivity contribution is 5.15. The first-order chi connectivity index (χ1) is 9.29. The van der Waals surface area contributed by atoms with E-state index in [1.165, 1.54) is 31.2 Å². The van der Waals surface area contributed by atoms with Gasteiger partial charge in [-0.15, -0.1) is 0 Å². The van der Waals surface area contributed by atoms with Gasteiger partial charge in [0, 0.05) is 18.6 Å². The van der Waals surface area contributed by atoms with Crippen LogP contribution >= 0.6 is 0 Å². The quantitative estimate of drug-likeness (QED) is 0.902. The van der Waals surface area contributed by atoms with Crippen molar-refractivity contribution in [2.45, 2.75) is 51.2 Å². The molecule has 1 N–H and O–H groups in total. The van der Waals surface area contributed by atoms with E-state index in [2.05, 4.69) is 42.2 Å². The van der Waals surface area contributed by atoms with E-state index in [1.807, 2.05) is 0 Å². The van der Waals surface area contributed by atoms with Gasteiger partial charge in [-0.25, -0.2) is 0 Å². The number of hydrogen-bond donors (Lipinski definition) is 1. The Labute approximate surface area is 116 Å². The summed E-state index contributed by atoms with van der Waals surface area (Å²) in [6.07, 6.45) is 5.28. The van der Waals surface area contributed by atoms with Gasteiger partial charge in [-0.2, -0.15) is 0 Å². The highest BCUT2D eigenvalue weighted by atomic mass is 16.3. The molecule has 1 aliphatic heterocycles. The SMILES string of the molecule is C[C@@H]1CCC[C@H]2C[C@H](CO)N(Cc3ccccc3)[C@H]21. The highest BCUT2D eigenvalue weighted by Gasteiger charge is 2.44. The summed E-state index contributed by atoms with van der Waals surface area (Å²) in [4.78, 5) is 2.59. The molecule has 4 atom stereocenters. The molecule has 0 bridgehead atoms. The second-order valence-corrected chi connectivity index (χ2v) is 6.39. The van der Waals surface area contributed by atoms with Crippen LogP contribution < -0.4 is 0 Å². The van der Waals surface area contributed by atoms with Crippen molar-refractivity contribution in [3.63, 3.8) is 0 Å². The Balaban J connectivity index is 1.80. The molecule has 1 aromatic carbocycles. The van der Waals surface area contributed by atoms with Gasteiger partial charge in [0.2, 0.25) is 0 Å². The van der Waals surface area contributed by atoms with Gasteiger partial charge in [0.25, 0.3) is 0 Å². The lowest BCUT2D eigenvalue weighted by molar-refractivity contribution is 0.0762. The van der Waals surface area contributed by atoms with Crippen molar-refractivity contribution < 1.29 is 5.11 Å². The van der Waals surface area contributed by atoms with Gasteiger partial charge in [-0.1, -0.05) is 43.7 Å². The second kappa shape index (κ2) is 5.64. The maximum Gasteiger partial charge on any atom is 0.0587 e. The van der Waals surface area contributed by atoms with E-state index in [4.69, 9.17) is 0 Å². The highest BCUT2D eigenvalue weighted by Crippen LogP contribution is 2.43. The molecular weight excluding hydrogens is 234 g/mol. The predicted octanol–water partition coefficient (Wildman–Crippen LogP) is 3.06. The van der Waals surface area contributed by atoms with Crippen LogP contribution in [0.2, 0.25) is 0 Å². The minimum absolute atomic E-state index is 0.312. The van der Waals surface area contributed by atoms with Gasteiger partial charge in [0.1, 0.15) is 0 Å². The van der Waals surface area contributed by atoms with Crippen molar-refractivity contribution in [2.75, 3.05) is 6.61 Å². The standard InChI is InChI=1S/C17H25NO/c1-13-6-5-9-15-10-16(12-19)18(17(13)15)11-14-7-3-2-4-8-14/h2-4,7-8,13,15-17,19H,5-6,9-12H2,1H3/t13-,15+,16-,17+/m1/s1. The molecule has 1 aliphatic carbocycles. The molecule has 1 aromatic rings. The zero-order chi connectivity index (χ0) is 13.2. The van der Waals surface area contributed by atoms with Crippen molar-refractivity contribution in [3.05, 3.63) is 35.9 Å². The Morgan fingerprint density at radius 2 is 2.00 bits per heavy atom. The van der Waals surface area contributed by atoms with E-state index >= 15 is 0 Å². The van der Waals surface area contributed by atoms with Gasteiger partial charge < -0.3 is 5.11 Å². The lowest BCUT2D eigenvalue weighted by Crippen LogP contribution is -2.43. The fourth-order valence-electron chi connectivity index (χ4n) is 4.30. The van der Waals surface area contributed by atoms with Gasteiger partial charge in [-0.05, 0) is 36.7 Å². The summed E-state index contributed by atoms with van der Waals surface area (Å²) in [5.41, 5.74) is 1.37. The van der Waals surface area contributed by atoms with Crippen LogP contribution in [-0.2, 0) is 6.54 Å². The Hall–Kier alpha value is -0.860. The molecule has 2 heteroatoms. The molecule has 1 saturated heterocycles. The summed E-state index contributed by atoms with van der Waals surface area (Å²) in [5.74, 6) is 1.59. The largest absolute Gasteiger partial charge is 0.395 e. The summed E-state index contributed by atoms with van der Waals surface area (Å²) in [7, 11) is 0. The molecule has 104 valence electrons. The maximum absolute atomic E-state index is 9.71. The van der Waals surface area contributed by atoms with E-state index in [0.717, 1.165) is 18.4 Å². The first kappa shape index (κ1) is 13.1. The first-order valence-corrected chi connectivity index (χ1v) is 7.70. The van der Waals surface area contributed by atoms with Crippen LogP contribution in [0.1, 0.15) is 38.2 Å². The van der Waals surface area contributed by atoms with E-state index < -0.39 is 0 Å². The number of aliphatic hydroxyl groups is 1. The molecule has 0 spiro atoms. The van der Waals surface area contributed by atoms with E-state index in [-0.39, 0.29) is 0 Å². The fraction of sp³-hybridized carbons (Fsp3) is 0.647. The number of hydrogen-bond acceptors (Lipinski definition) is 2. The second-order valence-electron chi connectivity index (χ2n) is 6.39. The van der Waals surface area contributed by atoms with Crippen LogP contribution in [0.4, 0.5) is 0 Å². The number of likely N-dealkylation sites (tertiary alicyclic amines) is 1. The van der Waals surface area contributed by atoms with Gasteiger partial charge in [0.15, 0.2) is 0 Å². The lowest BCUT2D eigenvalue weighted by atomic mass is 9.78. The monoisotopic (exact) mass is 259 g/mol. The normalized spacial score (nSPS) is 35.3. The van der Waals surface area contributed by atoms with Crippen LogP contribution in [0.25, 0.3) is 0 Å². The number of rotatable bonds is 3. The third-order valence-corrected chi connectivity index (χ3v) is 5.15. The minimum atomic E-state index is 0.312. The van der Waals surface area contributed by atoms with Crippen molar-refractivity contribution in [1.29, 1.82) is 0 Å². The average Bonchev–Trinajstić information content (AvgIpc) is 2.79. The van der Waals surface area contributed by atoms with Crippen LogP contribution in [0.3, 0.4) is 0 Å². The summed E-state index contributed by atoms with van der Waals surface area (Å²) < 4.78 is 0. The third kappa shape index (κ3) is 2.56. The maximum atomic E-state index is 9.71. The molecule has 0 radical (unpaired) electrons. The lowest BCUT2D eigenvalue weighted by Gasteiger charge is -2.38. The van der Waals surface area contributed by atoms with E-state index in [1.54, 1.807) is 0 Å². The van der Waals surface area contributed by atoms with Crippen molar-refractivity contribution in [1.82, 2.24) is 4.90 Å². The number of benzene rings is 1. The average molecular weight is 259 g/mol. The molecule has 19 heavy (non-hydrogen) atoms. The Morgan fingerprint density at radius 1 is 1.21 bits per heavy atom. The Morgan fingerprint density at radius 3 is 2.74 bits per heavy atom. The van der Waals surface area contributed by atoms with Crippen molar-refractivity contribution in [2.24, 2.45) is 11.8 Å². The van der Waals surface area contributed by atoms with Crippen molar-refractivity contribution >= 4 is 0 Å². The number of nitrogens with zero attached hydrogens (tertiary/aromatic N) is 1. The summed E-state index contributed by atoms with van der Waals surface area (Å²) in [6.45, 7) is 3.71. The Kier molecular flexibility index (Phi) is 3.90. The first-order valence-electron chi connectivity index (χ1n) is 7.70. The summed E-state index contributed by atoms with van der Waals surface area (Å²) in [5, 5.41) is 9.71. The number of aliphatic hydroxyl groups excluding tert-OH is 1. The molecule has 2 nitrogen and oxygen atoms in total. The zero-order valence-electron chi connectivity index (χ0n) is 11.8. The molecule has 3 rings (SSSR count). The molecule has 0 aromatic heterocycles. The van der Waals surface area contributed by atoms with E-state index in [9.17, 15) is 5.11 Å². The molecule has 1 heterocycles. The van der Waals surface area contributed by atoms with Crippen LogP contribution in [-0.4, -0.2) is 28.7 Å². The van der Waals surface area contributed by atoms with Crippen LogP contribution in [0, 0.1) is 11.8 Å². The number of fused-ring (bicyclic) bond motifs is 1. The summed E-state index contributed by atoms with van der Waals surface area (Å²) in [6, 6.07) is 11.8. The Bertz CT molecular complexity index is 405. The van der Waals surface area contributed by atoms with E-state index in [0.29, 0.717) is 18.7 Å². The van der Waals surface area contributed by atoms with Crippen molar-refractivity contribution in [3.8, 4) is 0 Å². The smallest absolute Gasteiger partial charge is 0.0587 e. The third-order valence-electron chi connectivity index (χ3n) is 5.15. The molecule has 0 unspecified atom stereocenters. The molecule has 1 saturated carbocycles. The fourth-order valence-corrected chi connectivity index (χ4v) is 4.30. The van der Waals surface area contributed by atoms with Crippen LogP contribution in [0.5, 0.6) is 0 Å². The molecule has 2 fully saturated rings. The summed E-state index contributed by atoms with van der Waals surface area (Å²) >= 11 is 0. The van der Waals surface area contributed by atoms with Gasteiger partial charge in [0.05, 0.1) is 6.61 Å². The molecule has 0 amide bonds. The minimum Gasteiger partial charge on any atom is -0.395 e.